The van der Waals surface area contributed by atoms with Crippen molar-refractivity contribution in [2.75, 3.05) is 0 Å². The molecule has 0 N–H and O–H groups in total. The van der Waals surface area contributed by atoms with E-state index in [2.05, 4.69) is 59.9 Å². The van der Waals surface area contributed by atoms with Crippen LogP contribution in [0.4, 0.5) is 0 Å². The summed E-state index contributed by atoms with van der Waals surface area (Å²) in [4.78, 5) is 0. The minimum Gasteiger partial charge on any atom is -0.369 e. The van der Waals surface area contributed by atoms with Gasteiger partial charge in [-0.05, 0) is 0 Å². The Kier molecular flexibility index (Phi) is 35.0. The minimum absolute atomic E-state index is 0. The van der Waals surface area contributed by atoms with E-state index in [1.807, 2.05) is 5.75 Å². The summed E-state index contributed by atoms with van der Waals surface area (Å²) in [7, 11) is 0. The first-order valence-corrected chi connectivity index (χ1v) is 5.80. The average Bonchev–Trinajstić information content (AvgIpc) is 2.16. The molecule has 0 radical (unpaired) electrons. The van der Waals surface area contributed by atoms with Crippen molar-refractivity contribution >= 4 is 25.3 Å². The van der Waals surface area contributed by atoms with E-state index in [4.69, 9.17) is 0 Å². The molecule has 0 aromatic carbocycles. The Labute approximate surface area is 178 Å². The minimum atomic E-state index is 0. The molecule has 0 fully saturated rings. The van der Waals surface area contributed by atoms with E-state index in [9.17, 15) is 0 Å². The van der Waals surface area contributed by atoms with Crippen molar-refractivity contribution in [1.29, 1.82) is 0 Å². The fourth-order valence-corrected chi connectivity index (χ4v) is 0.707. The van der Waals surface area contributed by atoms with E-state index < -0.39 is 0 Å². The van der Waals surface area contributed by atoms with Gasteiger partial charge in [-0.25, -0.2) is 19.0 Å². The van der Waals surface area contributed by atoms with Crippen LogP contribution in [-0.4, -0.2) is 5.25 Å². The summed E-state index contributed by atoms with van der Waals surface area (Å²) in [5.41, 5.74) is 0. The molecule has 4 heteroatoms. The van der Waals surface area contributed by atoms with Gasteiger partial charge in [0.2, 0.25) is 0 Å². The number of hydrogen-bond donors (Lipinski definition) is 2. The summed E-state index contributed by atoms with van der Waals surface area (Å²) in [6.45, 7) is 13.8. The smallest absolute Gasteiger partial charge is 0.369 e. The molecule has 0 aliphatic rings. The molecule has 15 heavy (non-hydrogen) atoms. The molecule has 0 spiro atoms. The van der Waals surface area contributed by atoms with Gasteiger partial charge in [0.1, 0.15) is 0 Å². The van der Waals surface area contributed by atoms with Gasteiger partial charge in [0, 0.05) is 0 Å². The molecule has 0 nitrogen and oxygen atoms in total. The molecule has 0 amide bonds. The van der Waals surface area contributed by atoms with Crippen molar-refractivity contribution in [2.45, 2.75) is 38.9 Å². The van der Waals surface area contributed by atoms with Crippen LogP contribution in [0.1, 0.15) is 33.6 Å². The molecular weight excluding hydrogens is 381 g/mol. The maximum Gasteiger partial charge on any atom is 2.00 e. The maximum atomic E-state index is 4.16. The summed E-state index contributed by atoms with van der Waals surface area (Å²) >= 11 is 8.09. The van der Waals surface area contributed by atoms with Crippen LogP contribution in [0.25, 0.3) is 0 Å². The van der Waals surface area contributed by atoms with Crippen molar-refractivity contribution in [1.82, 2.24) is 0 Å². The monoisotopic (exact) mass is 404 g/mol. The molecule has 0 saturated carbocycles. The Morgan fingerprint density at radius 1 is 1.33 bits per heavy atom. The molecule has 0 aromatic rings. The standard InChI is InChI=1S/C6H13S.C5H10S.Cr.Cs/c1-4-5(2)6(3)7;1-3-5(2)4-6;;/h5-7H,3-4H2,1-2H3;4-6H,1,3H2,2H3;;/q-1;-2;+2;+1. The fourth-order valence-electron chi connectivity index (χ4n) is 0.347. The van der Waals surface area contributed by atoms with Crippen LogP contribution in [-0.2, 0) is 17.4 Å². The zero-order chi connectivity index (χ0) is 10.9. The van der Waals surface area contributed by atoms with Crippen LogP contribution in [0.3, 0.4) is 0 Å². The van der Waals surface area contributed by atoms with Crippen LogP contribution in [0.15, 0.2) is 0 Å². The molecule has 0 aliphatic carbocycles. The van der Waals surface area contributed by atoms with Crippen LogP contribution < -0.4 is 68.9 Å². The van der Waals surface area contributed by atoms with Gasteiger partial charge in [0.25, 0.3) is 0 Å². The number of hydrogen-bond acceptors (Lipinski definition) is 2. The van der Waals surface area contributed by atoms with Crippen molar-refractivity contribution in [3.63, 3.8) is 0 Å². The topological polar surface area (TPSA) is 0 Å². The van der Waals surface area contributed by atoms with Crippen LogP contribution in [0.2, 0.25) is 0 Å². The van der Waals surface area contributed by atoms with E-state index in [1.54, 1.807) is 0 Å². The quantitative estimate of drug-likeness (QED) is 0.509. The molecule has 0 rings (SSSR count). The van der Waals surface area contributed by atoms with E-state index >= 15 is 0 Å². The predicted octanol–water partition coefficient (Wildman–Crippen LogP) is 1.10. The first-order valence-electron chi connectivity index (χ1n) is 4.77. The molecule has 3 unspecified atom stereocenters. The van der Waals surface area contributed by atoms with Crippen LogP contribution in [0, 0.1) is 31.4 Å². The van der Waals surface area contributed by atoms with Crippen molar-refractivity contribution in [2.24, 2.45) is 11.8 Å². The fraction of sp³-hybridized carbons (Fsp3) is 0.727. The summed E-state index contributed by atoms with van der Waals surface area (Å²) in [6, 6.07) is 0. The zero-order valence-electron chi connectivity index (χ0n) is 10.4. The van der Waals surface area contributed by atoms with E-state index in [0.29, 0.717) is 17.1 Å². The molecule has 0 bridgehead atoms. The number of rotatable bonds is 4. The summed E-state index contributed by atoms with van der Waals surface area (Å²) in [6.07, 6.45) is 2.13. The first-order chi connectivity index (χ1) is 5.99. The van der Waals surface area contributed by atoms with Gasteiger partial charge in [0.15, 0.2) is 0 Å². The SMILES string of the molecule is [CH2-]C(S)C(C)CC.[CH2-]CC(C)[CH-]S.[Cr+2].[Cs+]. The van der Waals surface area contributed by atoms with Crippen LogP contribution in [0.5, 0.6) is 0 Å². The Morgan fingerprint density at radius 3 is 1.73 bits per heavy atom. The van der Waals surface area contributed by atoms with Gasteiger partial charge >= 0.3 is 86.3 Å². The largest absolute Gasteiger partial charge is 2.00 e. The molecule has 3 atom stereocenters. The molecule has 86 valence electrons. The second-order valence-electron chi connectivity index (χ2n) is 3.37. The molecule has 0 aromatic heterocycles. The molecule has 0 saturated heterocycles. The molecule has 0 heterocycles. The van der Waals surface area contributed by atoms with Gasteiger partial charge in [-0.3, -0.25) is 5.75 Å². The predicted molar refractivity (Wildman–Crippen MR) is 70.0 cm³/mol. The van der Waals surface area contributed by atoms with E-state index in [-0.39, 0.29) is 86.3 Å². The Morgan fingerprint density at radius 2 is 1.73 bits per heavy atom. The second-order valence-corrected chi connectivity index (χ2v) is 4.33. The summed E-state index contributed by atoms with van der Waals surface area (Å²) in [5, 5.41) is 0.310. The summed E-state index contributed by atoms with van der Waals surface area (Å²) in [5.74, 6) is 3.07. The second kappa shape index (κ2) is 19.6. The summed E-state index contributed by atoms with van der Waals surface area (Å²) < 4.78 is 0. The van der Waals surface area contributed by atoms with Gasteiger partial charge in [0.05, 0.1) is 0 Å². The number of thiol groups is 2. The molecular formula is C11H23CrCsS2. The van der Waals surface area contributed by atoms with Gasteiger partial charge in [-0.15, -0.1) is 5.25 Å². The Bertz CT molecular complexity index is 98.6. The molecule has 0 aliphatic heterocycles. The first kappa shape index (κ1) is 26.8. The van der Waals surface area contributed by atoms with Gasteiger partial charge in [-0.1, -0.05) is 33.1 Å². The third-order valence-corrected chi connectivity index (χ3v) is 3.03. The van der Waals surface area contributed by atoms with E-state index in [1.165, 1.54) is 6.42 Å². The van der Waals surface area contributed by atoms with Crippen molar-refractivity contribution in [3.05, 3.63) is 19.6 Å². The third kappa shape index (κ3) is 22.9. The normalized spacial score (nSPS) is 14.6. The van der Waals surface area contributed by atoms with E-state index in [0.717, 1.165) is 6.42 Å². The van der Waals surface area contributed by atoms with Crippen LogP contribution >= 0.6 is 25.3 Å². The Hall–Kier alpha value is 3.28. The van der Waals surface area contributed by atoms with Crippen molar-refractivity contribution < 1.29 is 86.3 Å². The van der Waals surface area contributed by atoms with Gasteiger partial charge in [-0.2, -0.15) is 5.92 Å². The Balaban J connectivity index is -0.0000000718. The zero-order valence-corrected chi connectivity index (χ0v) is 19.8. The third-order valence-electron chi connectivity index (χ3n) is 2.01. The maximum absolute atomic E-state index is 4.16. The average molecular weight is 404 g/mol. The van der Waals surface area contributed by atoms with Gasteiger partial charge < -0.3 is 26.5 Å². The van der Waals surface area contributed by atoms with Crippen molar-refractivity contribution in [3.8, 4) is 0 Å².